The first-order valence-electron chi connectivity index (χ1n) is 8.57. The standard InChI is InChI=1S/C17H25NO3/c1-2-21-16(20)14-6-15(19)18(10-14)17-7-11-3-12(8-17)5-13(4-11)9-17/h11-14H,2-10H2,1H3/t11?,12?,13?,14-,17?/m1/s1. The summed E-state index contributed by atoms with van der Waals surface area (Å²) in [5.74, 6) is 2.25. The maximum atomic E-state index is 12.5. The molecule has 4 bridgehead atoms. The molecule has 5 rings (SSSR count). The van der Waals surface area contributed by atoms with Crippen LogP contribution in [0.25, 0.3) is 0 Å². The van der Waals surface area contributed by atoms with Crippen LogP contribution in [-0.2, 0) is 14.3 Å². The molecule has 5 fully saturated rings. The molecule has 1 amide bonds. The lowest BCUT2D eigenvalue weighted by Crippen LogP contribution is -2.60. The molecule has 1 aliphatic heterocycles. The monoisotopic (exact) mass is 291 g/mol. The first-order valence-corrected chi connectivity index (χ1v) is 8.57. The fourth-order valence-electron chi connectivity index (χ4n) is 5.98. The van der Waals surface area contributed by atoms with Gasteiger partial charge in [-0.25, -0.2) is 0 Å². The van der Waals surface area contributed by atoms with Crippen molar-refractivity contribution in [2.45, 2.75) is 57.4 Å². The van der Waals surface area contributed by atoms with Gasteiger partial charge in [0.15, 0.2) is 0 Å². The molecule has 0 unspecified atom stereocenters. The van der Waals surface area contributed by atoms with Gasteiger partial charge in [0.1, 0.15) is 0 Å². The number of amides is 1. The first kappa shape index (κ1) is 13.6. The van der Waals surface area contributed by atoms with Crippen LogP contribution in [0.1, 0.15) is 51.9 Å². The summed E-state index contributed by atoms with van der Waals surface area (Å²) in [5, 5.41) is 0. The van der Waals surface area contributed by atoms with Crippen molar-refractivity contribution in [1.29, 1.82) is 0 Å². The van der Waals surface area contributed by atoms with Crippen LogP contribution < -0.4 is 0 Å². The van der Waals surface area contributed by atoms with E-state index >= 15 is 0 Å². The van der Waals surface area contributed by atoms with Crippen LogP contribution in [0.5, 0.6) is 0 Å². The van der Waals surface area contributed by atoms with Crippen molar-refractivity contribution >= 4 is 11.9 Å². The average Bonchev–Trinajstić information content (AvgIpc) is 2.80. The molecule has 4 heteroatoms. The van der Waals surface area contributed by atoms with E-state index in [1.54, 1.807) is 0 Å². The molecule has 0 aromatic heterocycles. The summed E-state index contributed by atoms with van der Waals surface area (Å²) < 4.78 is 5.12. The van der Waals surface area contributed by atoms with E-state index in [2.05, 4.69) is 4.90 Å². The van der Waals surface area contributed by atoms with Gasteiger partial charge in [-0.15, -0.1) is 0 Å². The number of hydrogen-bond acceptors (Lipinski definition) is 3. The average molecular weight is 291 g/mol. The molecule has 0 N–H and O–H groups in total. The van der Waals surface area contributed by atoms with Gasteiger partial charge in [-0.2, -0.15) is 0 Å². The predicted octanol–water partition coefficient (Wildman–Crippen LogP) is 2.37. The lowest BCUT2D eigenvalue weighted by Gasteiger charge is -2.59. The minimum absolute atomic E-state index is 0.0904. The fraction of sp³-hybridized carbons (Fsp3) is 0.882. The Labute approximate surface area is 126 Å². The van der Waals surface area contributed by atoms with E-state index in [1.165, 1.54) is 38.5 Å². The summed E-state index contributed by atoms with van der Waals surface area (Å²) >= 11 is 0. The van der Waals surface area contributed by atoms with E-state index in [-0.39, 0.29) is 23.3 Å². The highest BCUT2D eigenvalue weighted by molar-refractivity contribution is 5.87. The Morgan fingerprint density at radius 1 is 1.19 bits per heavy atom. The minimum Gasteiger partial charge on any atom is -0.466 e. The summed E-state index contributed by atoms with van der Waals surface area (Å²) in [4.78, 5) is 26.6. The number of carbonyl (C=O) groups excluding carboxylic acids is 2. The van der Waals surface area contributed by atoms with Crippen LogP contribution in [0, 0.1) is 23.7 Å². The highest BCUT2D eigenvalue weighted by Gasteiger charge is 2.56. The van der Waals surface area contributed by atoms with Gasteiger partial charge in [-0.05, 0) is 63.2 Å². The van der Waals surface area contributed by atoms with Crippen LogP contribution in [0.2, 0.25) is 0 Å². The molecular weight excluding hydrogens is 266 g/mol. The van der Waals surface area contributed by atoms with E-state index in [1.807, 2.05) is 6.92 Å². The number of likely N-dealkylation sites (tertiary alicyclic amines) is 1. The molecular formula is C17H25NO3. The normalized spacial score (nSPS) is 44.4. The summed E-state index contributed by atoms with van der Waals surface area (Å²) in [7, 11) is 0. The summed E-state index contributed by atoms with van der Waals surface area (Å²) in [6.45, 7) is 2.83. The number of carbonyl (C=O) groups is 2. The Kier molecular flexibility index (Phi) is 3.05. The van der Waals surface area contributed by atoms with Gasteiger partial charge in [0.2, 0.25) is 5.91 Å². The van der Waals surface area contributed by atoms with Crippen LogP contribution in [0.3, 0.4) is 0 Å². The summed E-state index contributed by atoms with van der Waals surface area (Å²) in [5.41, 5.74) is 0.0904. The Balaban J connectivity index is 1.54. The topological polar surface area (TPSA) is 46.6 Å². The van der Waals surface area contributed by atoms with E-state index in [0.29, 0.717) is 19.6 Å². The molecule has 0 aromatic carbocycles. The Morgan fingerprint density at radius 2 is 1.76 bits per heavy atom. The smallest absolute Gasteiger partial charge is 0.311 e. The molecule has 0 aromatic rings. The highest BCUT2D eigenvalue weighted by atomic mass is 16.5. The van der Waals surface area contributed by atoms with Crippen molar-refractivity contribution in [3.8, 4) is 0 Å². The van der Waals surface area contributed by atoms with Gasteiger partial charge in [0.05, 0.1) is 12.5 Å². The zero-order valence-electron chi connectivity index (χ0n) is 12.8. The van der Waals surface area contributed by atoms with E-state index in [0.717, 1.165) is 17.8 Å². The van der Waals surface area contributed by atoms with Crippen molar-refractivity contribution in [2.24, 2.45) is 23.7 Å². The Morgan fingerprint density at radius 3 is 2.29 bits per heavy atom. The van der Waals surface area contributed by atoms with Crippen molar-refractivity contribution in [3.63, 3.8) is 0 Å². The van der Waals surface area contributed by atoms with Crippen molar-refractivity contribution in [1.82, 2.24) is 4.90 Å². The third-order valence-corrected chi connectivity index (χ3v) is 6.32. The molecule has 116 valence electrons. The quantitative estimate of drug-likeness (QED) is 0.750. The second-order valence-electron chi connectivity index (χ2n) is 7.80. The molecule has 1 atom stereocenters. The molecule has 4 nitrogen and oxygen atoms in total. The van der Waals surface area contributed by atoms with E-state index in [9.17, 15) is 9.59 Å². The van der Waals surface area contributed by atoms with Crippen LogP contribution in [0.4, 0.5) is 0 Å². The first-order chi connectivity index (χ1) is 10.1. The molecule has 21 heavy (non-hydrogen) atoms. The Hall–Kier alpha value is -1.06. The Bertz CT molecular complexity index is 437. The zero-order chi connectivity index (χ0) is 14.6. The lowest BCUT2D eigenvalue weighted by atomic mass is 9.52. The van der Waals surface area contributed by atoms with Gasteiger partial charge in [0, 0.05) is 18.5 Å². The van der Waals surface area contributed by atoms with Gasteiger partial charge in [-0.3, -0.25) is 9.59 Å². The molecule has 5 aliphatic rings. The third-order valence-electron chi connectivity index (χ3n) is 6.32. The summed E-state index contributed by atoms with van der Waals surface area (Å²) in [6.07, 6.45) is 8.04. The molecule has 1 heterocycles. The largest absolute Gasteiger partial charge is 0.466 e. The summed E-state index contributed by atoms with van der Waals surface area (Å²) in [6, 6.07) is 0. The van der Waals surface area contributed by atoms with Crippen molar-refractivity contribution in [3.05, 3.63) is 0 Å². The second kappa shape index (κ2) is 4.72. The number of rotatable bonds is 3. The molecule has 4 aliphatic carbocycles. The maximum Gasteiger partial charge on any atom is 0.311 e. The fourth-order valence-corrected chi connectivity index (χ4v) is 5.98. The highest BCUT2D eigenvalue weighted by Crippen LogP contribution is 2.58. The number of nitrogens with zero attached hydrogens (tertiary/aromatic N) is 1. The van der Waals surface area contributed by atoms with Gasteiger partial charge < -0.3 is 9.64 Å². The van der Waals surface area contributed by atoms with E-state index in [4.69, 9.17) is 4.74 Å². The van der Waals surface area contributed by atoms with Gasteiger partial charge >= 0.3 is 5.97 Å². The number of ether oxygens (including phenoxy) is 1. The molecule has 4 saturated carbocycles. The molecule has 1 saturated heterocycles. The van der Waals surface area contributed by atoms with Crippen LogP contribution in [-0.4, -0.2) is 35.5 Å². The van der Waals surface area contributed by atoms with Crippen molar-refractivity contribution in [2.75, 3.05) is 13.2 Å². The van der Waals surface area contributed by atoms with Crippen LogP contribution >= 0.6 is 0 Å². The predicted molar refractivity (Wildman–Crippen MR) is 77.4 cm³/mol. The third kappa shape index (κ3) is 2.09. The molecule has 0 spiro atoms. The van der Waals surface area contributed by atoms with E-state index < -0.39 is 0 Å². The molecule has 0 radical (unpaired) electrons. The number of hydrogen-bond donors (Lipinski definition) is 0. The maximum absolute atomic E-state index is 12.5. The zero-order valence-corrected chi connectivity index (χ0v) is 12.8. The minimum atomic E-state index is -0.231. The van der Waals surface area contributed by atoms with Crippen molar-refractivity contribution < 1.29 is 14.3 Å². The van der Waals surface area contributed by atoms with Gasteiger partial charge in [-0.1, -0.05) is 0 Å². The SMILES string of the molecule is CCOC(=O)[C@@H]1CC(=O)N(C23CC4CC(CC(C4)C2)C3)C1. The second-order valence-corrected chi connectivity index (χ2v) is 7.80. The van der Waals surface area contributed by atoms with Gasteiger partial charge in [0.25, 0.3) is 0 Å². The van der Waals surface area contributed by atoms with Crippen LogP contribution in [0.15, 0.2) is 0 Å². The number of esters is 1. The lowest BCUT2D eigenvalue weighted by molar-refractivity contribution is -0.148.